The third kappa shape index (κ3) is 4.37. The summed E-state index contributed by atoms with van der Waals surface area (Å²) in [6, 6.07) is 4.27. The first kappa shape index (κ1) is 21.5. The van der Waals surface area contributed by atoms with Crippen LogP contribution in [0.25, 0.3) is 0 Å². The van der Waals surface area contributed by atoms with Crippen molar-refractivity contribution in [3.05, 3.63) is 18.2 Å². The van der Waals surface area contributed by atoms with Crippen LogP contribution in [-0.2, 0) is 14.4 Å². The van der Waals surface area contributed by atoms with Gasteiger partial charge in [0.05, 0.1) is 26.1 Å². The molecule has 3 atom stereocenters. The van der Waals surface area contributed by atoms with E-state index in [-0.39, 0.29) is 29.6 Å². The van der Waals surface area contributed by atoms with Crippen molar-refractivity contribution >= 4 is 35.2 Å². The standard InChI is InChI=1S/C21H28N2O5S/c1-27-17-9-8-13(12-18(17)28-2)22-19(24)16(10-11-29-3)23-20(25)14-6-4-5-7-15(14)21(23)26/h8-9,12,14-16H,4-7,10-11H2,1-3H3,(H,22,24). The highest BCUT2D eigenvalue weighted by molar-refractivity contribution is 7.98. The number of hydrogen-bond acceptors (Lipinski definition) is 6. The molecule has 8 heteroatoms. The summed E-state index contributed by atoms with van der Waals surface area (Å²) < 4.78 is 10.5. The van der Waals surface area contributed by atoms with Gasteiger partial charge < -0.3 is 14.8 Å². The second-order valence-electron chi connectivity index (χ2n) is 7.40. The molecule has 158 valence electrons. The van der Waals surface area contributed by atoms with Crippen molar-refractivity contribution in [3.8, 4) is 11.5 Å². The Labute approximate surface area is 175 Å². The minimum absolute atomic E-state index is 0.187. The molecule has 1 heterocycles. The number of methoxy groups -OCH3 is 2. The summed E-state index contributed by atoms with van der Waals surface area (Å²) in [5.41, 5.74) is 0.526. The first-order valence-electron chi connectivity index (χ1n) is 9.90. The van der Waals surface area contributed by atoms with E-state index in [2.05, 4.69) is 5.32 Å². The average Bonchev–Trinajstić information content (AvgIpc) is 2.99. The maximum Gasteiger partial charge on any atom is 0.247 e. The molecule has 1 saturated heterocycles. The Morgan fingerprint density at radius 2 is 1.76 bits per heavy atom. The number of nitrogens with zero attached hydrogens (tertiary/aromatic N) is 1. The summed E-state index contributed by atoms with van der Waals surface area (Å²) in [7, 11) is 3.06. The summed E-state index contributed by atoms with van der Waals surface area (Å²) in [5.74, 6) is 0.469. The topological polar surface area (TPSA) is 84.9 Å². The summed E-state index contributed by atoms with van der Waals surface area (Å²) in [5, 5.41) is 2.85. The lowest BCUT2D eigenvalue weighted by molar-refractivity contribution is -0.146. The summed E-state index contributed by atoms with van der Waals surface area (Å²) in [6.45, 7) is 0. The SMILES string of the molecule is COc1ccc(NC(=O)C(CCSC)N2C(=O)C3CCCCC3C2=O)cc1OC. The molecule has 7 nitrogen and oxygen atoms in total. The van der Waals surface area contributed by atoms with Crippen molar-refractivity contribution in [2.75, 3.05) is 31.5 Å². The van der Waals surface area contributed by atoms with Gasteiger partial charge in [-0.05, 0) is 43.4 Å². The van der Waals surface area contributed by atoms with Crippen LogP contribution in [0.1, 0.15) is 32.1 Å². The number of likely N-dealkylation sites (tertiary alicyclic amines) is 1. The van der Waals surface area contributed by atoms with E-state index in [0.717, 1.165) is 25.7 Å². The van der Waals surface area contributed by atoms with Gasteiger partial charge in [-0.3, -0.25) is 19.3 Å². The van der Waals surface area contributed by atoms with Crippen LogP contribution in [0, 0.1) is 11.8 Å². The van der Waals surface area contributed by atoms with E-state index in [1.807, 2.05) is 6.26 Å². The van der Waals surface area contributed by atoms with E-state index in [1.165, 1.54) is 12.0 Å². The van der Waals surface area contributed by atoms with Gasteiger partial charge in [0.1, 0.15) is 6.04 Å². The molecule has 3 unspecified atom stereocenters. The van der Waals surface area contributed by atoms with Crippen molar-refractivity contribution in [1.82, 2.24) is 4.90 Å². The number of nitrogens with one attached hydrogen (secondary N) is 1. The Hall–Kier alpha value is -2.22. The smallest absolute Gasteiger partial charge is 0.247 e. The number of rotatable bonds is 8. The number of amides is 3. The highest BCUT2D eigenvalue weighted by atomic mass is 32.2. The van der Waals surface area contributed by atoms with Gasteiger partial charge in [0.15, 0.2) is 11.5 Å². The van der Waals surface area contributed by atoms with Crippen LogP contribution < -0.4 is 14.8 Å². The molecule has 29 heavy (non-hydrogen) atoms. The summed E-state index contributed by atoms with van der Waals surface area (Å²) in [4.78, 5) is 40.3. The van der Waals surface area contributed by atoms with Crippen LogP contribution in [0.15, 0.2) is 18.2 Å². The molecule has 0 spiro atoms. The van der Waals surface area contributed by atoms with E-state index >= 15 is 0 Å². The van der Waals surface area contributed by atoms with Crippen LogP contribution in [0.4, 0.5) is 5.69 Å². The molecule has 1 aliphatic heterocycles. The third-order valence-corrected chi connectivity index (χ3v) is 6.38. The molecule has 0 aromatic heterocycles. The predicted molar refractivity (Wildman–Crippen MR) is 112 cm³/mol. The van der Waals surface area contributed by atoms with Crippen molar-refractivity contribution < 1.29 is 23.9 Å². The molecule has 1 aliphatic carbocycles. The van der Waals surface area contributed by atoms with Gasteiger partial charge in [-0.15, -0.1) is 0 Å². The molecule has 1 N–H and O–H groups in total. The highest BCUT2D eigenvalue weighted by Crippen LogP contribution is 2.39. The number of anilines is 1. The number of carbonyl (C=O) groups excluding carboxylic acids is 3. The Morgan fingerprint density at radius 1 is 1.14 bits per heavy atom. The molecule has 1 aromatic carbocycles. The minimum atomic E-state index is -0.804. The van der Waals surface area contributed by atoms with E-state index in [9.17, 15) is 14.4 Å². The molecule has 2 fully saturated rings. The molecule has 0 radical (unpaired) electrons. The van der Waals surface area contributed by atoms with Crippen LogP contribution in [-0.4, -0.2) is 54.9 Å². The largest absolute Gasteiger partial charge is 0.493 e. The van der Waals surface area contributed by atoms with Crippen LogP contribution in [0.3, 0.4) is 0 Å². The molecule has 1 saturated carbocycles. The number of benzene rings is 1. The predicted octanol–water partition coefficient (Wildman–Crippen LogP) is 2.94. The molecular weight excluding hydrogens is 392 g/mol. The average molecular weight is 421 g/mol. The number of ether oxygens (including phenoxy) is 2. The first-order valence-corrected chi connectivity index (χ1v) is 11.3. The maximum atomic E-state index is 13.1. The molecule has 1 aromatic rings. The van der Waals surface area contributed by atoms with E-state index < -0.39 is 6.04 Å². The lowest BCUT2D eigenvalue weighted by atomic mass is 9.81. The Bertz CT molecular complexity index is 760. The van der Waals surface area contributed by atoms with E-state index in [4.69, 9.17) is 9.47 Å². The zero-order valence-electron chi connectivity index (χ0n) is 17.1. The van der Waals surface area contributed by atoms with Gasteiger partial charge in [0.25, 0.3) is 0 Å². The van der Waals surface area contributed by atoms with Gasteiger partial charge in [-0.25, -0.2) is 0 Å². The van der Waals surface area contributed by atoms with Gasteiger partial charge in [-0.2, -0.15) is 11.8 Å². The number of imide groups is 1. The summed E-state index contributed by atoms with van der Waals surface area (Å²) in [6.07, 6.45) is 5.76. The third-order valence-electron chi connectivity index (χ3n) is 5.74. The lowest BCUT2D eigenvalue weighted by Gasteiger charge is -2.26. The van der Waals surface area contributed by atoms with Crippen LogP contribution in [0.2, 0.25) is 0 Å². The molecule has 2 aliphatic rings. The Kier molecular flexibility index (Phi) is 7.05. The number of thioether (sulfide) groups is 1. The number of fused-ring (bicyclic) bond motifs is 1. The van der Waals surface area contributed by atoms with Crippen molar-refractivity contribution in [2.24, 2.45) is 11.8 Å². The Morgan fingerprint density at radius 3 is 2.31 bits per heavy atom. The number of carbonyl (C=O) groups is 3. The van der Waals surface area contributed by atoms with E-state index in [0.29, 0.717) is 29.4 Å². The second kappa shape index (κ2) is 9.52. The first-order chi connectivity index (χ1) is 14.0. The monoisotopic (exact) mass is 420 g/mol. The highest BCUT2D eigenvalue weighted by Gasteiger charge is 2.51. The van der Waals surface area contributed by atoms with Crippen molar-refractivity contribution in [2.45, 2.75) is 38.1 Å². The fourth-order valence-corrected chi connectivity index (χ4v) is 4.70. The molecule has 3 amide bonds. The molecular formula is C21H28N2O5S. The number of hydrogen-bond donors (Lipinski definition) is 1. The second-order valence-corrected chi connectivity index (χ2v) is 8.39. The van der Waals surface area contributed by atoms with E-state index in [1.54, 1.807) is 37.1 Å². The van der Waals surface area contributed by atoms with Gasteiger partial charge in [-0.1, -0.05) is 12.8 Å². The Balaban J connectivity index is 1.82. The zero-order valence-corrected chi connectivity index (χ0v) is 17.9. The fraction of sp³-hybridized carbons (Fsp3) is 0.571. The molecule has 3 rings (SSSR count). The van der Waals surface area contributed by atoms with Gasteiger partial charge in [0.2, 0.25) is 17.7 Å². The van der Waals surface area contributed by atoms with Crippen LogP contribution in [0.5, 0.6) is 11.5 Å². The van der Waals surface area contributed by atoms with Crippen molar-refractivity contribution in [1.29, 1.82) is 0 Å². The van der Waals surface area contributed by atoms with Crippen molar-refractivity contribution in [3.63, 3.8) is 0 Å². The maximum absolute atomic E-state index is 13.1. The lowest BCUT2D eigenvalue weighted by Crippen LogP contribution is -2.48. The van der Waals surface area contributed by atoms with Gasteiger partial charge in [0, 0.05) is 11.8 Å². The quantitative estimate of drug-likeness (QED) is 0.651. The fourth-order valence-electron chi connectivity index (χ4n) is 4.24. The molecule has 0 bridgehead atoms. The van der Waals surface area contributed by atoms with Gasteiger partial charge >= 0.3 is 0 Å². The normalized spacial score (nSPS) is 22.2. The van der Waals surface area contributed by atoms with Crippen LogP contribution >= 0.6 is 11.8 Å². The zero-order chi connectivity index (χ0) is 21.0. The summed E-state index contributed by atoms with van der Waals surface area (Å²) >= 11 is 1.59. The minimum Gasteiger partial charge on any atom is -0.493 e.